The number of pyridine rings is 1. The van der Waals surface area contributed by atoms with Gasteiger partial charge in [0.25, 0.3) is 5.91 Å². The van der Waals surface area contributed by atoms with Crippen molar-refractivity contribution in [2.45, 2.75) is 25.9 Å². The summed E-state index contributed by atoms with van der Waals surface area (Å²) in [6, 6.07) is 11.8. The summed E-state index contributed by atoms with van der Waals surface area (Å²) in [6.07, 6.45) is 5.21. The number of benzene rings is 1. The standard InChI is InChI=1S/C22H26N4O2/c27-21-5-2-10-26(21)17-19-3-1-4-20(15-19)22(28)25-13-11-24(12-14-25)16-18-6-8-23-9-7-18/h1,3-4,6-9,15H,2,5,10-14,16-17H2. The van der Waals surface area contributed by atoms with Crippen LogP contribution < -0.4 is 0 Å². The molecule has 2 aromatic rings. The zero-order chi connectivity index (χ0) is 19.3. The lowest BCUT2D eigenvalue weighted by atomic mass is 10.1. The van der Waals surface area contributed by atoms with Gasteiger partial charge < -0.3 is 9.80 Å². The second-order valence-corrected chi connectivity index (χ2v) is 7.54. The summed E-state index contributed by atoms with van der Waals surface area (Å²) in [7, 11) is 0. The first-order valence-corrected chi connectivity index (χ1v) is 9.96. The smallest absolute Gasteiger partial charge is 0.253 e. The molecule has 2 aliphatic rings. The molecule has 0 N–H and O–H groups in total. The van der Waals surface area contributed by atoms with Crippen LogP contribution in [0.15, 0.2) is 48.8 Å². The van der Waals surface area contributed by atoms with Gasteiger partial charge in [-0.1, -0.05) is 12.1 Å². The predicted molar refractivity (Wildman–Crippen MR) is 107 cm³/mol. The van der Waals surface area contributed by atoms with E-state index in [1.807, 2.05) is 58.6 Å². The Morgan fingerprint density at radius 2 is 1.71 bits per heavy atom. The molecule has 0 aliphatic carbocycles. The molecular weight excluding hydrogens is 352 g/mol. The molecule has 0 atom stereocenters. The molecular formula is C22H26N4O2. The van der Waals surface area contributed by atoms with Gasteiger partial charge in [0.15, 0.2) is 0 Å². The molecule has 4 rings (SSSR count). The topological polar surface area (TPSA) is 56.8 Å². The molecule has 3 heterocycles. The Hall–Kier alpha value is -2.73. The van der Waals surface area contributed by atoms with Gasteiger partial charge in [-0.15, -0.1) is 0 Å². The normalized spacial score (nSPS) is 17.9. The van der Waals surface area contributed by atoms with Crippen molar-refractivity contribution in [2.75, 3.05) is 32.7 Å². The Kier molecular flexibility index (Phi) is 5.67. The SMILES string of the molecule is O=C1CCCN1Cc1cccc(C(=O)N2CCN(Cc3ccncc3)CC2)c1. The molecule has 0 spiro atoms. The third kappa shape index (κ3) is 4.39. The van der Waals surface area contributed by atoms with Crippen LogP contribution in [0.2, 0.25) is 0 Å². The minimum atomic E-state index is 0.0816. The lowest BCUT2D eigenvalue weighted by molar-refractivity contribution is -0.128. The highest BCUT2D eigenvalue weighted by Crippen LogP contribution is 2.17. The third-order valence-corrected chi connectivity index (χ3v) is 5.53. The molecule has 6 nitrogen and oxygen atoms in total. The van der Waals surface area contributed by atoms with Gasteiger partial charge in [0.1, 0.15) is 0 Å². The monoisotopic (exact) mass is 378 g/mol. The molecule has 2 saturated heterocycles. The molecule has 2 amide bonds. The van der Waals surface area contributed by atoms with Crippen LogP contribution in [0.1, 0.15) is 34.3 Å². The van der Waals surface area contributed by atoms with Crippen LogP contribution in [-0.4, -0.2) is 64.2 Å². The van der Waals surface area contributed by atoms with Crippen molar-refractivity contribution in [3.8, 4) is 0 Å². The number of hydrogen-bond acceptors (Lipinski definition) is 4. The molecule has 28 heavy (non-hydrogen) atoms. The molecule has 2 aliphatic heterocycles. The number of amides is 2. The van der Waals surface area contributed by atoms with Gasteiger partial charge in [-0.25, -0.2) is 0 Å². The van der Waals surface area contributed by atoms with Crippen LogP contribution in [0.25, 0.3) is 0 Å². The van der Waals surface area contributed by atoms with Gasteiger partial charge in [-0.3, -0.25) is 19.5 Å². The van der Waals surface area contributed by atoms with E-state index in [-0.39, 0.29) is 11.8 Å². The van der Waals surface area contributed by atoms with Crippen molar-refractivity contribution < 1.29 is 9.59 Å². The maximum atomic E-state index is 12.9. The largest absolute Gasteiger partial charge is 0.338 e. The fourth-order valence-electron chi connectivity index (χ4n) is 3.93. The lowest BCUT2D eigenvalue weighted by Gasteiger charge is -2.34. The number of carbonyl (C=O) groups is 2. The Bertz CT molecular complexity index is 831. The molecule has 0 bridgehead atoms. The zero-order valence-electron chi connectivity index (χ0n) is 16.1. The first-order valence-electron chi connectivity index (χ1n) is 9.96. The zero-order valence-corrected chi connectivity index (χ0v) is 16.1. The van der Waals surface area contributed by atoms with Gasteiger partial charge in [0, 0.05) is 70.2 Å². The summed E-state index contributed by atoms with van der Waals surface area (Å²) in [5.41, 5.74) is 2.99. The van der Waals surface area contributed by atoms with E-state index < -0.39 is 0 Å². The Morgan fingerprint density at radius 1 is 0.929 bits per heavy atom. The maximum Gasteiger partial charge on any atom is 0.253 e. The van der Waals surface area contributed by atoms with Gasteiger partial charge >= 0.3 is 0 Å². The number of nitrogens with zero attached hydrogens (tertiary/aromatic N) is 4. The van der Waals surface area contributed by atoms with Crippen molar-refractivity contribution in [1.29, 1.82) is 0 Å². The quantitative estimate of drug-likeness (QED) is 0.800. The van der Waals surface area contributed by atoms with Gasteiger partial charge in [0.2, 0.25) is 5.91 Å². The molecule has 0 radical (unpaired) electrons. The van der Waals surface area contributed by atoms with E-state index in [1.54, 1.807) is 0 Å². The second-order valence-electron chi connectivity index (χ2n) is 7.54. The van der Waals surface area contributed by atoms with E-state index in [9.17, 15) is 9.59 Å². The van der Waals surface area contributed by atoms with E-state index in [0.717, 1.165) is 51.3 Å². The first kappa shape index (κ1) is 18.6. The van der Waals surface area contributed by atoms with E-state index in [2.05, 4.69) is 9.88 Å². The fraction of sp³-hybridized carbons (Fsp3) is 0.409. The van der Waals surface area contributed by atoms with E-state index >= 15 is 0 Å². The maximum absolute atomic E-state index is 12.9. The Morgan fingerprint density at radius 3 is 2.43 bits per heavy atom. The average Bonchev–Trinajstić information content (AvgIpc) is 3.13. The highest BCUT2D eigenvalue weighted by molar-refractivity contribution is 5.94. The molecule has 1 aromatic heterocycles. The Balaban J connectivity index is 1.33. The van der Waals surface area contributed by atoms with Crippen molar-refractivity contribution in [1.82, 2.24) is 19.7 Å². The summed E-state index contributed by atoms with van der Waals surface area (Å²) in [5, 5.41) is 0. The average molecular weight is 378 g/mol. The van der Waals surface area contributed by atoms with Gasteiger partial charge in [0.05, 0.1) is 0 Å². The number of carbonyl (C=O) groups excluding carboxylic acids is 2. The van der Waals surface area contributed by atoms with Crippen LogP contribution >= 0.6 is 0 Å². The lowest BCUT2D eigenvalue weighted by Crippen LogP contribution is -2.48. The van der Waals surface area contributed by atoms with E-state index in [4.69, 9.17) is 0 Å². The Labute approximate surface area is 165 Å². The molecule has 1 aromatic carbocycles. The highest BCUT2D eigenvalue weighted by Gasteiger charge is 2.23. The number of piperazine rings is 1. The van der Waals surface area contributed by atoms with Crippen LogP contribution in [0.3, 0.4) is 0 Å². The summed E-state index contributed by atoms with van der Waals surface area (Å²) in [6.45, 7) is 5.52. The van der Waals surface area contributed by atoms with Crippen LogP contribution in [-0.2, 0) is 17.9 Å². The van der Waals surface area contributed by atoms with Crippen molar-refractivity contribution in [3.05, 3.63) is 65.5 Å². The summed E-state index contributed by atoms with van der Waals surface area (Å²) < 4.78 is 0. The molecule has 2 fully saturated rings. The third-order valence-electron chi connectivity index (χ3n) is 5.53. The minimum absolute atomic E-state index is 0.0816. The molecule has 0 saturated carbocycles. The highest BCUT2D eigenvalue weighted by atomic mass is 16.2. The number of likely N-dealkylation sites (tertiary alicyclic amines) is 1. The van der Waals surface area contributed by atoms with Crippen LogP contribution in [0.5, 0.6) is 0 Å². The van der Waals surface area contributed by atoms with E-state index in [0.29, 0.717) is 18.5 Å². The summed E-state index contributed by atoms with van der Waals surface area (Å²) >= 11 is 0. The number of hydrogen-bond donors (Lipinski definition) is 0. The summed E-state index contributed by atoms with van der Waals surface area (Å²) in [5.74, 6) is 0.292. The van der Waals surface area contributed by atoms with Crippen LogP contribution in [0, 0.1) is 0 Å². The minimum Gasteiger partial charge on any atom is -0.338 e. The molecule has 146 valence electrons. The number of rotatable bonds is 5. The predicted octanol–water partition coefficient (Wildman–Crippen LogP) is 2.16. The van der Waals surface area contributed by atoms with Crippen molar-refractivity contribution in [3.63, 3.8) is 0 Å². The van der Waals surface area contributed by atoms with Gasteiger partial charge in [-0.05, 0) is 41.8 Å². The number of aromatic nitrogens is 1. The molecule has 6 heteroatoms. The fourth-order valence-corrected chi connectivity index (χ4v) is 3.93. The van der Waals surface area contributed by atoms with Crippen molar-refractivity contribution >= 4 is 11.8 Å². The van der Waals surface area contributed by atoms with Crippen molar-refractivity contribution in [2.24, 2.45) is 0 Å². The first-order chi connectivity index (χ1) is 13.7. The van der Waals surface area contributed by atoms with E-state index in [1.165, 1.54) is 5.56 Å². The van der Waals surface area contributed by atoms with Gasteiger partial charge in [-0.2, -0.15) is 0 Å². The van der Waals surface area contributed by atoms with Crippen LogP contribution in [0.4, 0.5) is 0 Å². The summed E-state index contributed by atoms with van der Waals surface area (Å²) in [4.78, 5) is 35.0. The second kappa shape index (κ2) is 8.52. The molecule has 0 unspecified atom stereocenters.